The minimum absolute atomic E-state index is 0.343. The molecule has 1 N–H and O–H groups in total. The molecule has 0 atom stereocenters. The van der Waals surface area contributed by atoms with Crippen LogP contribution in [-0.4, -0.2) is 32.8 Å². The Labute approximate surface area is 167 Å². The number of nitrogens with zero attached hydrogens (tertiary/aromatic N) is 2. The van der Waals surface area contributed by atoms with Gasteiger partial charge in [-0.1, -0.05) is 29.8 Å². The number of halogens is 1. The predicted molar refractivity (Wildman–Crippen MR) is 113 cm³/mol. The van der Waals surface area contributed by atoms with Gasteiger partial charge >= 0.3 is 0 Å². The van der Waals surface area contributed by atoms with Crippen molar-refractivity contribution in [2.24, 2.45) is 5.10 Å². The van der Waals surface area contributed by atoms with E-state index in [0.717, 1.165) is 25.3 Å². The molecule has 2 aromatic rings. The minimum Gasteiger partial charge on any atom is -0.271 e. The van der Waals surface area contributed by atoms with E-state index in [0.29, 0.717) is 11.4 Å². The number of rotatable bonds is 6. The number of aryl methyl sites for hydroxylation is 1. The van der Waals surface area contributed by atoms with Gasteiger partial charge in [-0.05, 0) is 66.3 Å². The summed E-state index contributed by atoms with van der Waals surface area (Å²) < 4.78 is 26.1. The maximum absolute atomic E-state index is 12.2. The summed E-state index contributed by atoms with van der Waals surface area (Å²) >= 11 is 2.13. The Morgan fingerprint density at radius 2 is 1.69 bits per heavy atom. The molecule has 0 bridgehead atoms. The van der Waals surface area contributed by atoms with E-state index in [1.165, 1.54) is 0 Å². The Hall–Kier alpha value is -1.94. The summed E-state index contributed by atoms with van der Waals surface area (Å²) in [5, 5.41) is 4.06. The molecule has 0 aliphatic heterocycles. The number of anilines is 1. The summed E-state index contributed by atoms with van der Waals surface area (Å²) in [4.78, 5) is 12.2. The van der Waals surface area contributed by atoms with E-state index < -0.39 is 15.9 Å². The number of carbonyl (C=O) groups is 1. The van der Waals surface area contributed by atoms with Crippen LogP contribution >= 0.6 is 22.6 Å². The molecule has 8 heteroatoms. The average molecular weight is 485 g/mol. The molecule has 0 saturated carbocycles. The fourth-order valence-electron chi connectivity index (χ4n) is 2.18. The van der Waals surface area contributed by atoms with Crippen LogP contribution in [0.4, 0.5) is 5.69 Å². The van der Waals surface area contributed by atoms with E-state index in [2.05, 4.69) is 33.1 Å². The lowest BCUT2D eigenvalue weighted by atomic mass is 10.1. The van der Waals surface area contributed by atoms with Crippen molar-refractivity contribution in [3.63, 3.8) is 0 Å². The van der Waals surface area contributed by atoms with Gasteiger partial charge in [-0.15, -0.1) is 0 Å². The molecule has 0 heterocycles. The quantitative estimate of drug-likeness (QED) is 0.389. The Morgan fingerprint density at radius 3 is 2.23 bits per heavy atom. The normalized spacial score (nSPS) is 11.9. The summed E-state index contributed by atoms with van der Waals surface area (Å²) in [6.07, 6.45) is 1.07. The second-order valence-electron chi connectivity index (χ2n) is 5.84. The largest absolute Gasteiger partial charge is 0.271 e. The standard InChI is InChI=1S/C18H20IN3O3S/c1-13-4-6-15(7-5-13)14(2)20-21-18(23)12-22(26(3,24)25)17-10-8-16(19)9-11-17/h4-11H,12H2,1-3H3,(H,21,23)/b20-14-. The van der Waals surface area contributed by atoms with E-state index >= 15 is 0 Å². The first kappa shape index (κ1) is 20.4. The van der Waals surface area contributed by atoms with Crippen LogP contribution in [0.3, 0.4) is 0 Å². The molecule has 0 saturated heterocycles. The number of benzene rings is 2. The molecule has 26 heavy (non-hydrogen) atoms. The molecule has 2 rings (SSSR count). The number of hydrogen-bond donors (Lipinski definition) is 1. The molecule has 0 spiro atoms. The summed E-state index contributed by atoms with van der Waals surface area (Å²) in [5.74, 6) is -0.513. The van der Waals surface area contributed by atoms with Gasteiger partial charge in [0, 0.05) is 3.57 Å². The van der Waals surface area contributed by atoms with Crippen molar-refractivity contribution in [1.82, 2.24) is 5.43 Å². The number of hydrogen-bond acceptors (Lipinski definition) is 4. The van der Waals surface area contributed by atoms with Gasteiger partial charge in [-0.25, -0.2) is 13.8 Å². The zero-order valence-corrected chi connectivity index (χ0v) is 17.7. The van der Waals surface area contributed by atoms with Crippen molar-refractivity contribution >= 4 is 49.9 Å². The highest BCUT2D eigenvalue weighted by molar-refractivity contribution is 14.1. The lowest BCUT2D eigenvalue weighted by molar-refractivity contribution is -0.119. The fourth-order valence-corrected chi connectivity index (χ4v) is 3.39. The Kier molecular flexibility index (Phi) is 6.76. The maximum Gasteiger partial charge on any atom is 0.260 e. The third kappa shape index (κ3) is 5.80. The smallest absolute Gasteiger partial charge is 0.260 e. The van der Waals surface area contributed by atoms with Crippen LogP contribution in [0.2, 0.25) is 0 Å². The third-order valence-corrected chi connectivity index (χ3v) is 5.48. The Balaban J connectivity index is 2.11. The molecular weight excluding hydrogens is 465 g/mol. The lowest BCUT2D eigenvalue weighted by Gasteiger charge is -2.21. The summed E-state index contributed by atoms with van der Waals surface area (Å²) in [6, 6.07) is 14.6. The van der Waals surface area contributed by atoms with Gasteiger partial charge < -0.3 is 0 Å². The van der Waals surface area contributed by atoms with Crippen LogP contribution in [0.1, 0.15) is 18.1 Å². The SMILES string of the molecule is C/C(=N/NC(=O)CN(c1ccc(I)cc1)S(C)(=O)=O)c1ccc(C)cc1. The van der Waals surface area contributed by atoms with Gasteiger partial charge in [0.2, 0.25) is 10.0 Å². The van der Waals surface area contributed by atoms with Crippen molar-refractivity contribution in [3.8, 4) is 0 Å². The van der Waals surface area contributed by atoms with Crippen molar-refractivity contribution in [3.05, 3.63) is 63.2 Å². The molecular formula is C18H20IN3O3S. The van der Waals surface area contributed by atoms with Crippen molar-refractivity contribution in [2.75, 3.05) is 17.1 Å². The third-order valence-electron chi connectivity index (χ3n) is 3.62. The Bertz CT molecular complexity index is 908. The first-order valence-electron chi connectivity index (χ1n) is 7.80. The zero-order chi connectivity index (χ0) is 19.3. The molecule has 0 radical (unpaired) electrons. The molecule has 0 fully saturated rings. The van der Waals surface area contributed by atoms with Crippen LogP contribution in [-0.2, 0) is 14.8 Å². The Morgan fingerprint density at radius 1 is 1.12 bits per heavy atom. The van der Waals surface area contributed by atoms with E-state index in [4.69, 9.17) is 0 Å². The lowest BCUT2D eigenvalue weighted by Crippen LogP contribution is -2.39. The molecule has 0 unspecified atom stereocenters. The molecule has 138 valence electrons. The maximum atomic E-state index is 12.2. The van der Waals surface area contributed by atoms with Gasteiger partial charge in [-0.2, -0.15) is 5.10 Å². The van der Waals surface area contributed by atoms with Crippen LogP contribution in [0, 0.1) is 10.5 Å². The molecule has 1 amide bonds. The van der Waals surface area contributed by atoms with Crippen molar-refractivity contribution < 1.29 is 13.2 Å². The highest BCUT2D eigenvalue weighted by Crippen LogP contribution is 2.18. The molecule has 0 aromatic heterocycles. The van der Waals surface area contributed by atoms with Crippen LogP contribution in [0.25, 0.3) is 0 Å². The zero-order valence-electron chi connectivity index (χ0n) is 14.7. The number of hydrazone groups is 1. The summed E-state index contributed by atoms with van der Waals surface area (Å²) in [7, 11) is -3.60. The van der Waals surface area contributed by atoms with Crippen LogP contribution in [0.15, 0.2) is 53.6 Å². The van der Waals surface area contributed by atoms with E-state index in [9.17, 15) is 13.2 Å². The fraction of sp³-hybridized carbons (Fsp3) is 0.222. The molecule has 6 nitrogen and oxygen atoms in total. The van der Waals surface area contributed by atoms with Gasteiger partial charge in [0.1, 0.15) is 6.54 Å². The first-order valence-corrected chi connectivity index (χ1v) is 10.7. The van der Waals surface area contributed by atoms with Gasteiger partial charge in [0.25, 0.3) is 5.91 Å². The first-order chi connectivity index (χ1) is 12.2. The van der Waals surface area contributed by atoms with E-state index in [-0.39, 0.29) is 6.54 Å². The van der Waals surface area contributed by atoms with Crippen molar-refractivity contribution in [2.45, 2.75) is 13.8 Å². The molecule has 0 aliphatic rings. The minimum atomic E-state index is -3.60. The van der Waals surface area contributed by atoms with Crippen LogP contribution in [0.5, 0.6) is 0 Å². The topological polar surface area (TPSA) is 78.8 Å². The second-order valence-corrected chi connectivity index (χ2v) is 9.00. The highest BCUT2D eigenvalue weighted by atomic mass is 127. The van der Waals surface area contributed by atoms with E-state index in [1.54, 1.807) is 31.2 Å². The highest BCUT2D eigenvalue weighted by Gasteiger charge is 2.20. The second kappa shape index (κ2) is 8.63. The van der Waals surface area contributed by atoms with Gasteiger partial charge in [-0.3, -0.25) is 9.10 Å². The monoisotopic (exact) mass is 485 g/mol. The number of carbonyl (C=O) groups excluding carboxylic acids is 1. The number of sulfonamides is 1. The van der Waals surface area contributed by atoms with Gasteiger partial charge in [0.15, 0.2) is 0 Å². The molecule has 2 aromatic carbocycles. The summed E-state index contributed by atoms with van der Waals surface area (Å²) in [6.45, 7) is 3.42. The average Bonchev–Trinajstić information content (AvgIpc) is 2.58. The predicted octanol–water partition coefficient (Wildman–Crippen LogP) is 2.91. The van der Waals surface area contributed by atoms with Crippen LogP contribution < -0.4 is 9.73 Å². The van der Waals surface area contributed by atoms with E-state index in [1.807, 2.05) is 31.2 Å². The molecule has 0 aliphatic carbocycles. The summed E-state index contributed by atoms with van der Waals surface area (Å²) in [5.41, 5.74) is 5.51. The van der Waals surface area contributed by atoms with Gasteiger partial charge in [0.05, 0.1) is 17.7 Å². The van der Waals surface area contributed by atoms with Crippen molar-refractivity contribution in [1.29, 1.82) is 0 Å². The number of amides is 1. The number of nitrogens with one attached hydrogen (secondary N) is 1.